The quantitative estimate of drug-likeness (QED) is 0.318. The van der Waals surface area contributed by atoms with Crippen LogP contribution in [0.1, 0.15) is 77.2 Å². The van der Waals surface area contributed by atoms with Crippen molar-refractivity contribution < 1.29 is 9.13 Å². The lowest BCUT2D eigenvalue weighted by molar-refractivity contribution is 0.201. The third-order valence-electron chi connectivity index (χ3n) is 7.90. The molecule has 4 rings (SSSR count). The lowest BCUT2D eigenvalue weighted by atomic mass is 10.1. The molecule has 0 amide bonds. The molecule has 0 spiro atoms. The number of hydrogen-bond acceptors (Lipinski definition) is 8. The van der Waals surface area contributed by atoms with E-state index in [2.05, 4.69) is 34.3 Å². The molecule has 8 nitrogen and oxygen atoms in total. The number of rotatable bonds is 13. The van der Waals surface area contributed by atoms with Gasteiger partial charge < -0.3 is 20.3 Å². The van der Waals surface area contributed by atoms with Crippen LogP contribution in [0.4, 0.5) is 27.9 Å². The van der Waals surface area contributed by atoms with Crippen LogP contribution in [-0.2, 0) is 11.2 Å². The Morgan fingerprint density at radius 2 is 1.82 bits per heavy atom. The Hall–Kier alpha value is -2.52. The summed E-state index contributed by atoms with van der Waals surface area (Å²) in [5.41, 5.74) is 1.26. The molecule has 1 saturated heterocycles. The molecule has 38 heavy (non-hydrogen) atoms. The Kier molecular flexibility index (Phi) is 10.9. The molecule has 1 aliphatic heterocycles. The second kappa shape index (κ2) is 14.6. The van der Waals surface area contributed by atoms with Crippen molar-refractivity contribution in [2.24, 2.45) is 0 Å². The number of anilines is 4. The number of ether oxygens (including phenoxy) is 1. The second-order valence-electron chi connectivity index (χ2n) is 10.6. The lowest BCUT2D eigenvalue weighted by Gasteiger charge is -2.31. The monoisotopic (exact) mass is 527 g/mol. The molecule has 2 aliphatic rings. The zero-order chi connectivity index (χ0) is 26.7. The van der Waals surface area contributed by atoms with Crippen molar-refractivity contribution in [3.63, 3.8) is 0 Å². The summed E-state index contributed by atoms with van der Waals surface area (Å²) in [6, 6.07) is 6.10. The van der Waals surface area contributed by atoms with E-state index in [-0.39, 0.29) is 5.82 Å². The highest BCUT2D eigenvalue weighted by Gasteiger charge is 2.25. The van der Waals surface area contributed by atoms with E-state index in [4.69, 9.17) is 19.7 Å². The summed E-state index contributed by atoms with van der Waals surface area (Å²) in [5, 5.41) is 6.77. The van der Waals surface area contributed by atoms with E-state index in [0.717, 1.165) is 32.6 Å². The van der Waals surface area contributed by atoms with Gasteiger partial charge in [0.15, 0.2) is 0 Å². The smallest absolute Gasteiger partial charge is 0.233 e. The Morgan fingerprint density at radius 3 is 2.53 bits per heavy atom. The average molecular weight is 528 g/mol. The van der Waals surface area contributed by atoms with Crippen molar-refractivity contribution in [3.8, 4) is 0 Å². The highest BCUT2D eigenvalue weighted by molar-refractivity contribution is 5.57. The SMILES string of the molecule is CCCN(c1nc(NCC2CCCN2CC)nc(Nc2ccc(CCOC)c(F)c2)n1)C1CCCCCC1. The van der Waals surface area contributed by atoms with Crippen molar-refractivity contribution >= 4 is 23.5 Å². The number of halogens is 1. The molecule has 210 valence electrons. The number of nitrogens with zero attached hydrogens (tertiary/aromatic N) is 5. The van der Waals surface area contributed by atoms with Crippen LogP contribution < -0.4 is 15.5 Å². The van der Waals surface area contributed by atoms with Gasteiger partial charge in [0.25, 0.3) is 0 Å². The van der Waals surface area contributed by atoms with Crippen LogP contribution in [0.3, 0.4) is 0 Å². The Labute approximate surface area is 227 Å². The fraction of sp³-hybridized carbons (Fsp3) is 0.690. The van der Waals surface area contributed by atoms with E-state index >= 15 is 0 Å². The first kappa shape index (κ1) is 28.5. The highest BCUT2D eigenvalue weighted by atomic mass is 19.1. The predicted molar refractivity (Wildman–Crippen MR) is 153 cm³/mol. The van der Waals surface area contributed by atoms with Gasteiger partial charge in [-0.05, 0) is 69.3 Å². The molecule has 1 atom stereocenters. The maximum Gasteiger partial charge on any atom is 0.233 e. The minimum Gasteiger partial charge on any atom is -0.384 e. The van der Waals surface area contributed by atoms with Crippen molar-refractivity contribution in [1.29, 1.82) is 0 Å². The number of likely N-dealkylation sites (tertiary alicyclic amines) is 1. The molecule has 9 heteroatoms. The molecule has 1 unspecified atom stereocenters. The van der Waals surface area contributed by atoms with Gasteiger partial charge in [-0.15, -0.1) is 0 Å². The van der Waals surface area contributed by atoms with E-state index in [1.54, 1.807) is 13.2 Å². The molecule has 1 aromatic heterocycles. The summed E-state index contributed by atoms with van der Waals surface area (Å²) >= 11 is 0. The van der Waals surface area contributed by atoms with Crippen molar-refractivity contribution in [2.75, 3.05) is 55.4 Å². The second-order valence-corrected chi connectivity index (χ2v) is 10.6. The Morgan fingerprint density at radius 1 is 1.03 bits per heavy atom. The van der Waals surface area contributed by atoms with Crippen molar-refractivity contribution in [1.82, 2.24) is 19.9 Å². The first-order valence-electron chi connectivity index (χ1n) is 14.7. The number of likely N-dealkylation sites (N-methyl/N-ethyl adjacent to an activating group) is 1. The van der Waals surface area contributed by atoms with Gasteiger partial charge >= 0.3 is 0 Å². The number of aromatic nitrogens is 3. The molecule has 2 fully saturated rings. The van der Waals surface area contributed by atoms with Gasteiger partial charge in [0.2, 0.25) is 17.8 Å². The molecule has 1 saturated carbocycles. The van der Waals surface area contributed by atoms with Crippen molar-refractivity contribution in [2.45, 2.75) is 90.1 Å². The summed E-state index contributed by atoms with van der Waals surface area (Å²) in [6.45, 7) is 8.82. The maximum absolute atomic E-state index is 14.7. The minimum absolute atomic E-state index is 0.258. The third kappa shape index (κ3) is 7.76. The Bertz CT molecular complexity index is 999. The molecule has 2 heterocycles. The maximum atomic E-state index is 14.7. The van der Waals surface area contributed by atoms with Crippen LogP contribution >= 0.6 is 0 Å². The fourth-order valence-electron chi connectivity index (χ4n) is 5.81. The van der Waals surface area contributed by atoms with Crippen molar-refractivity contribution in [3.05, 3.63) is 29.6 Å². The van der Waals surface area contributed by atoms with Gasteiger partial charge in [-0.1, -0.05) is 45.6 Å². The largest absolute Gasteiger partial charge is 0.384 e. The molecular weight excluding hydrogens is 481 g/mol. The van der Waals surface area contributed by atoms with Gasteiger partial charge in [-0.3, -0.25) is 4.90 Å². The van der Waals surface area contributed by atoms with Crippen LogP contribution in [0.25, 0.3) is 0 Å². The zero-order valence-corrected chi connectivity index (χ0v) is 23.5. The molecule has 2 aromatic rings. The van der Waals surface area contributed by atoms with Gasteiger partial charge in [-0.25, -0.2) is 4.39 Å². The normalized spacial score (nSPS) is 18.9. The number of hydrogen-bond donors (Lipinski definition) is 2. The summed E-state index contributed by atoms with van der Waals surface area (Å²) in [5.74, 6) is 1.46. The standard InChI is InChI=1S/C29H46FN7O/c1-4-17-37(24-11-8-6-7-9-12-24)29-34-27(31-21-25-13-10-18-36(25)5-2)33-28(35-29)32-23-15-14-22(16-19-38-3)26(30)20-23/h14-15,20,24-25H,4-13,16-19,21H2,1-3H3,(H2,31,32,33,34,35). The third-order valence-corrected chi connectivity index (χ3v) is 7.90. The molecule has 1 aromatic carbocycles. The Balaban J connectivity index is 1.59. The topological polar surface area (TPSA) is 78.4 Å². The van der Waals surface area contributed by atoms with Crippen LogP contribution in [0, 0.1) is 5.82 Å². The minimum atomic E-state index is -0.258. The van der Waals surface area contributed by atoms with Gasteiger partial charge in [0.05, 0.1) is 6.61 Å². The first-order valence-corrected chi connectivity index (χ1v) is 14.7. The zero-order valence-electron chi connectivity index (χ0n) is 23.5. The molecule has 1 aliphatic carbocycles. The van der Waals surface area contributed by atoms with E-state index in [9.17, 15) is 4.39 Å². The van der Waals surface area contributed by atoms with Gasteiger partial charge in [0.1, 0.15) is 5.82 Å². The number of benzene rings is 1. The van der Waals surface area contributed by atoms with E-state index in [1.165, 1.54) is 57.4 Å². The fourth-order valence-corrected chi connectivity index (χ4v) is 5.81. The van der Waals surface area contributed by atoms with Crippen LogP contribution in [-0.4, -0.2) is 71.8 Å². The lowest BCUT2D eigenvalue weighted by Crippen LogP contribution is -2.38. The van der Waals surface area contributed by atoms with Gasteiger partial charge in [-0.2, -0.15) is 15.0 Å². The highest BCUT2D eigenvalue weighted by Crippen LogP contribution is 2.27. The first-order chi connectivity index (χ1) is 18.6. The van der Waals surface area contributed by atoms with Crippen LogP contribution in [0.5, 0.6) is 0 Å². The van der Waals surface area contributed by atoms with Crippen LogP contribution in [0.15, 0.2) is 18.2 Å². The average Bonchev–Trinajstić information content (AvgIpc) is 3.22. The van der Waals surface area contributed by atoms with Gasteiger partial charge in [0, 0.05) is 38.0 Å². The van der Waals surface area contributed by atoms with E-state index in [1.807, 2.05) is 6.07 Å². The summed E-state index contributed by atoms with van der Waals surface area (Å²) in [4.78, 5) is 19.4. The van der Waals surface area contributed by atoms with E-state index in [0.29, 0.717) is 54.2 Å². The molecule has 0 bridgehead atoms. The number of methoxy groups -OCH3 is 1. The summed E-state index contributed by atoms with van der Waals surface area (Å²) in [7, 11) is 1.63. The van der Waals surface area contributed by atoms with Crippen LogP contribution in [0.2, 0.25) is 0 Å². The number of nitrogens with one attached hydrogen (secondary N) is 2. The molecule has 0 radical (unpaired) electrons. The van der Waals surface area contributed by atoms with E-state index < -0.39 is 0 Å². The molecule has 2 N–H and O–H groups in total. The predicted octanol–water partition coefficient (Wildman–Crippen LogP) is 5.78. The summed E-state index contributed by atoms with van der Waals surface area (Å²) in [6.07, 6.45) is 11.4. The summed E-state index contributed by atoms with van der Waals surface area (Å²) < 4.78 is 19.8. The molecular formula is C29H46FN7O.